The summed E-state index contributed by atoms with van der Waals surface area (Å²) in [6.07, 6.45) is 3.50. The van der Waals surface area contributed by atoms with Crippen molar-refractivity contribution in [1.82, 2.24) is 10.3 Å². The first kappa shape index (κ1) is 18.4. The van der Waals surface area contributed by atoms with E-state index in [4.69, 9.17) is 10.2 Å². The van der Waals surface area contributed by atoms with E-state index in [9.17, 15) is 4.79 Å². The molecule has 0 radical (unpaired) electrons. The Labute approximate surface area is 157 Å². The molecule has 2 aromatic heterocycles. The van der Waals surface area contributed by atoms with Gasteiger partial charge in [-0.2, -0.15) is 0 Å². The molecule has 0 aliphatic carbocycles. The molecule has 0 fully saturated rings. The lowest BCUT2D eigenvalue weighted by molar-refractivity contribution is -0.120. The fourth-order valence-electron chi connectivity index (χ4n) is 2.60. The summed E-state index contributed by atoms with van der Waals surface area (Å²) in [6, 6.07) is 9.87. The molecule has 0 spiro atoms. The van der Waals surface area contributed by atoms with Crippen molar-refractivity contribution in [3.05, 3.63) is 65.1 Å². The summed E-state index contributed by atoms with van der Waals surface area (Å²) in [5, 5.41) is 5.64. The van der Waals surface area contributed by atoms with E-state index in [2.05, 4.69) is 36.3 Å². The molecule has 0 saturated heterocycles. The van der Waals surface area contributed by atoms with Crippen molar-refractivity contribution < 1.29 is 9.21 Å². The lowest BCUT2D eigenvalue weighted by atomic mass is 9.99. The van der Waals surface area contributed by atoms with Crippen molar-refractivity contribution in [1.29, 1.82) is 0 Å². The van der Waals surface area contributed by atoms with E-state index < -0.39 is 0 Å². The molecule has 1 unspecified atom stereocenters. The second-order valence-corrected chi connectivity index (χ2v) is 7.42. The van der Waals surface area contributed by atoms with Gasteiger partial charge in [-0.1, -0.05) is 38.1 Å². The Balaban J connectivity index is 1.50. The first-order chi connectivity index (χ1) is 12.5. The second-order valence-electron chi connectivity index (χ2n) is 6.56. The minimum atomic E-state index is -0.225. The normalized spacial score (nSPS) is 12.3. The van der Waals surface area contributed by atoms with Crippen LogP contribution in [0.15, 0.2) is 52.7 Å². The third-order valence-electron chi connectivity index (χ3n) is 4.21. The fourth-order valence-corrected chi connectivity index (χ4v) is 3.41. The number of benzene rings is 1. The Morgan fingerprint density at radius 3 is 2.62 bits per heavy atom. The topological polar surface area (TPSA) is 81.1 Å². The molecule has 3 rings (SSSR count). The summed E-state index contributed by atoms with van der Waals surface area (Å²) in [6.45, 7) is 4.72. The third-order valence-corrected chi connectivity index (χ3v) is 5.15. The number of carbonyl (C=O) groups is 1. The van der Waals surface area contributed by atoms with E-state index in [-0.39, 0.29) is 18.4 Å². The predicted octanol–water partition coefficient (Wildman–Crippen LogP) is 3.89. The van der Waals surface area contributed by atoms with Gasteiger partial charge in [0.2, 0.25) is 5.91 Å². The van der Waals surface area contributed by atoms with Crippen LogP contribution in [0.25, 0.3) is 10.6 Å². The zero-order chi connectivity index (χ0) is 18.5. The molecule has 2 heterocycles. The Morgan fingerprint density at radius 1 is 1.23 bits per heavy atom. The van der Waals surface area contributed by atoms with Crippen LogP contribution < -0.4 is 11.1 Å². The number of rotatable bonds is 7. The van der Waals surface area contributed by atoms with Crippen LogP contribution in [0.5, 0.6) is 0 Å². The van der Waals surface area contributed by atoms with Gasteiger partial charge >= 0.3 is 0 Å². The monoisotopic (exact) mass is 369 g/mol. The van der Waals surface area contributed by atoms with Crippen LogP contribution in [0.2, 0.25) is 0 Å². The van der Waals surface area contributed by atoms with Crippen molar-refractivity contribution in [3.8, 4) is 10.6 Å². The highest BCUT2D eigenvalue weighted by molar-refractivity contribution is 7.13. The molecule has 0 saturated carbocycles. The maximum absolute atomic E-state index is 12.2. The lowest BCUT2D eigenvalue weighted by Gasteiger charge is -2.14. The standard InChI is InChI=1S/C20H23N3O2S/c1-13(2)14-3-5-15(6-4-14)18(21)10-22-19(24)9-17-12-26-20(23-17)16-7-8-25-11-16/h3-8,11-13,18H,9-10,21H2,1-2H3,(H,22,24). The van der Waals surface area contributed by atoms with Gasteiger partial charge in [0.1, 0.15) is 11.3 Å². The summed E-state index contributed by atoms with van der Waals surface area (Å²) >= 11 is 1.50. The van der Waals surface area contributed by atoms with Gasteiger partial charge in [-0.25, -0.2) is 4.98 Å². The maximum Gasteiger partial charge on any atom is 0.226 e. The van der Waals surface area contributed by atoms with Gasteiger partial charge in [0.05, 0.1) is 18.4 Å². The van der Waals surface area contributed by atoms with E-state index >= 15 is 0 Å². The van der Waals surface area contributed by atoms with Gasteiger partial charge < -0.3 is 15.5 Å². The number of furan rings is 1. The van der Waals surface area contributed by atoms with Gasteiger partial charge in [-0.3, -0.25) is 4.79 Å². The highest BCUT2D eigenvalue weighted by Crippen LogP contribution is 2.24. The van der Waals surface area contributed by atoms with Crippen molar-refractivity contribution in [2.24, 2.45) is 5.73 Å². The third kappa shape index (κ3) is 4.59. The molecular weight excluding hydrogens is 346 g/mol. The fraction of sp³-hybridized carbons (Fsp3) is 0.300. The van der Waals surface area contributed by atoms with Crippen LogP contribution in [0.1, 0.15) is 42.6 Å². The number of nitrogens with zero attached hydrogens (tertiary/aromatic N) is 1. The van der Waals surface area contributed by atoms with E-state index in [0.29, 0.717) is 12.5 Å². The zero-order valence-corrected chi connectivity index (χ0v) is 15.8. The first-order valence-electron chi connectivity index (χ1n) is 8.62. The average Bonchev–Trinajstić information content (AvgIpc) is 3.31. The minimum Gasteiger partial charge on any atom is -0.472 e. The number of amides is 1. The molecule has 3 N–H and O–H groups in total. The van der Waals surface area contributed by atoms with Crippen LogP contribution in [0, 0.1) is 0 Å². The molecule has 136 valence electrons. The van der Waals surface area contributed by atoms with Gasteiger partial charge in [0, 0.05) is 23.5 Å². The van der Waals surface area contributed by atoms with Crippen molar-refractivity contribution in [2.75, 3.05) is 6.54 Å². The highest BCUT2D eigenvalue weighted by atomic mass is 32.1. The average molecular weight is 369 g/mol. The number of carbonyl (C=O) groups excluding carboxylic acids is 1. The highest BCUT2D eigenvalue weighted by Gasteiger charge is 2.12. The predicted molar refractivity (Wildman–Crippen MR) is 104 cm³/mol. The van der Waals surface area contributed by atoms with E-state index in [1.807, 2.05) is 23.6 Å². The molecule has 0 aliphatic rings. The van der Waals surface area contributed by atoms with Crippen LogP contribution in [0.3, 0.4) is 0 Å². The molecule has 1 amide bonds. The Kier molecular flexibility index (Phi) is 5.85. The summed E-state index contributed by atoms with van der Waals surface area (Å²) in [4.78, 5) is 16.6. The van der Waals surface area contributed by atoms with Crippen molar-refractivity contribution >= 4 is 17.2 Å². The summed E-state index contributed by atoms with van der Waals surface area (Å²) in [5.41, 5.74) is 10.2. The van der Waals surface area contributed by atoms with Crippen LogP contribution in [0.4, 0.5) is 0 Å². The quantitative estimate of drug-likeness (QED) is 0.662. The number of nitrogens with two attached hydrogens (primary N) is 1. The minimum absolute atomic E-state index is 0.0803. The summed E-state index contributed by atoms with van der Waals surface area (Å²) < 4.78 is 5.06. The van der Waals surface area contributed by atoms with Gasteiger partial charge in [0.25, 0.3) is 0 Å². The maximum atomic E-state index is 12.2. The Hall–Kier alpha value is -2.44. The molecule has 0 aliphatic heterocycles. The molecular formula is C20H23N3O2S. The number of aromatic nitrogens is 1. The Bertz CT molecular complexity index is 838. The number of thiazole rings is 1. The molecule has 6 heteroatoms. The number of hydrogen-bond donors (Lipinski definition) is 2. The largest absolute Gasteiger partial charge is 0.472 e. The molecule has 26 heavy (non-hydrogen) atoms. The number of hydrogen-bond acceptors (Lipinski definition) is 5. The van der Waals surface area contributed by atoms with Gasteiger partial charge in [-0.15, -0.1) is 11.3 Å². The molecule has 1 atom stereocenters. The number of nitrogens with one attached hydrogen (secondary N) is 1. The zero-order valence-electron chi connectivity index (χ0n) is 14.9. The lowest BCUT2D eigenvalue weighted by Crippen LogP contribution is -2.32. The van der Waals surface area contributed by atoms with Gasteiger partial charge in [0.15, 0.2) is 0 Å². The molecule has 3 aromatic rings. The van der Waals surface area contributed by atoms with E-state index in [1.54, 1.807) is 12.5 Å². The summed E-state index contributed by atoms with van der Waals surface area (Å²) in [7, 11) is 0. The smallest absolute Gasteiger partial charge is 0.226 e. The van der Waals surface area contributed by atoms with Crippen LogP contribution >= 0.6 is 11.3 Å². The summed E-state index contributed by atoms with van der Waals surface area (Å²) in [5.74, 6) is 0.410. The van der Waals surface area contributed by atoms with Crippen molar-refractivity contribution in [3.63, 3.8) is 0 Å². The second kappa shape index (κ2) is 8.29. The van der Waals surface area contributed by atoms with Crippen LogP contribution in [-0.4, -0.2) is 17.4 Å². The molecule has 5 nitrogen and oxygen atoms in total. The first-order valence-corrected chi connectivity index (χ1v) is 9.50. The molecule has 0 bridgehead atoms. The van der Waals surface area contributed by atoms with Gasteiger partial charge in [-0.05, 0) is 23.1 Å². The van der Waals surface area contributed by atoms with Crippen molar-refractivity contribution in [2.45, 2.75) is 32.2 Å². The van der Waals surface area contributed by atoms with Crippen LogP contribution in [-0.2, 0) is 11.2 Å². The molecule has 1 aromatic carbocycles. The van der Waals surface area contributed by atoms with E-state index in [1.165, 1.54) is 16.9 Å². The SMILES string of the molecule is CC(C)c1ccc(C(N)CNC(=O)Cc2csc(-c3ccoc3)n2)cc1. The van der Waals surface area contributed by atoms with E-state index in [0.717, 1.165) is 21.8 Å². The Morgan fingerprint density at radius 2 is 1.96 bits per heavy atom.